The van der Waals surface area contributed by atoms with Crippen molar-refractivity contribution in [3.05, 3.63) is 0 Å². The van der Waals surface area contributed by atoms with Gasteiger partial charge in [-0.15, -0.1) is 0 Å². The zero-order valence-electron chi connectivity index (χ0n) is 36.6. The first-order chi connectivity index (χ1) is 28.4. The van der Waals surface area contributed by atoms with Gasteiger partial charge >= 0.3 is 11.9 Å². The molecule has 1 fully saturated rings. The Morgan fingerprint density at radius 3 is 1.56 bits per heavy atom. The SMILES string of the molecule is CC.CC(=O)C(CCCCNC(=O)CCOCCOCCOCCOCCNC(=O)CN1CCN(CC=O)CCN(CC(=O)O)CN(CC(=O)O)CC1)NC(C)C.CO. The topological polar surface area (TPSA) is 249 Å². The Hall–Kier alpha value is -3.18. The fraction of sp³-hybridized carbons (Fsp3) is 0.846. The minimum atomic E-state index is -1.03. The number of carbonyl (C=O) groups is 6. The van der Waals surface area contributed by atoms with E-state index in [-0.39, 0.29) is 75.6 Å². The van der Waals surface area contributed by atoms with Crippen molar-refractivity contribution in [2.24, 2.45) is 0 Å². The van der Waals surface area contributed by atoms with Crippen LogP contribution in [-0.2, 0) is 47.7 Å². The molecule has 0 bridgehead atoms. The molecule has 0 saturated carbocycles. The van der Waals surface area contributed by atoms with Crippen molar-refractivity contribution < 1.29 is 63.0 Å². The van der Waals surface area contributed by atoms with Crippen molar-refractivity contribution in [1.29, 1.82) is 0 Å². The van der Waals surface area contributed by atoms with Gasteiger partial charge in [0.1, 0.15) is 12.1 Å². The number of Topliss-reactive ketones (excluding diaryl/α,β-unsaturated/α-hetero) is 1. The van der Waals surface area contributed by atoms with Crippen molar-refractivity contribution in [3.63, 3.8) is 0 Å². The molecule has 1 saturated heterocycles. The second-order valence-electron chi connectivity index (χ2n) is 13.7. The second-order valence-corrected chi connectivity index (χ2v) is 13.7. The van der Waals surface area contributed by atoms with Crippen LogP contribution in [0.4, 0.5) is 0 Å². The van der Waals surface area contributed by atoms with Crippen molar-refractivity contribution in [1.82, 2.24) is 35.6 Å². The Bertz CT molecular complexity index is 1110. The van der Waals surface area contributed by atoms with Gasteiger partial charge in [-0.2, -0.15) is 0 Å². The highest BCUT2D eigenvalue weighted by Crippen LogP contribution is 2.04. The van der Waals surface area contributed by atoms with Gasteiger partial charge in [0.25, 0.3) is 0 Å². The van der Waals surface area contributed by atoms with E-state index in [1.165, 1.54) is 0 Å². The van der Waals surface area contributed by atoms with Crippen LogP contribution in [0.25, 0.3) is 0 Å². The van der Waals surface area contributed by atoms with Gasteiger partial charge in [0.2, 0.25) is 11.8 Å². The van der Waals surface area contributed by atoms with Crippen LogP contribution >= 0.6 is 0 Å². The lowest BCUT2D eigenvalue weighted by atomic mass is 10.1. The number of amides is 2. The Morgan fingerprint density at radius 2 is 1.08 bits per heavy atom. The number of hydrogen-bond acceptors (Lipinski definition) is 16. The number of aliphatic hydroxyl groups is 1. The molecule has 1 rings (SSSR count). The van der Waals surface area contributed by atoms with Gasteiger partial charge in [-0.3, -0.25) is 43.6 Å². The highest BCUT2D eigenvalue weighted by atomic mass is 16.6. The van der Waals surface area contributed by atoms with Gasteiger partial charge in [-0.25, -0.2) is 0 Å². The maximum atomic E-state index is 12.7. The third kappa shape index (κ3) is 36.4. The summed E-state index contributed by atoms with van der Waals surface area (Å²) in [4.78, 5) is 77.5. The summed E-state index contributed by atoms with van der Waals surface area (Å²) in [5, 5.41) is 34.7. The normalized spacial score (nSPS) is 15.1. The molecular formula is C39H77N7O13. The van der Waals surface area contributed by atoms with E-state index in [1.54, 1.807) is 16.7 Å². The quantitative estimate of drug-likeness (QED) is 0.0361. The first kappa shape index (κ1) is 57.9. The van der Waals surface area contributed by atoms with E-state index in [1.807, 2.05) is 37.5 Å². The summed E-state index contributed by atoms with van der Waals surface area (Å²) in [7, 11) is 1.00. The number of aliphatic carboxylic acids is 2. The van der Waals surface area contributed by atoms with Crippen LogP contribution in [-0.4, -0.2) is 228 Å². The molecule has 346 valence electrons. The Morgan fingerprint density at radius 1 is 0.627 bits per heavy atom. The molecule has 0 spiro atoms. The van der Waals surface area contributed by atoms with Gasteiger partial charge in [-0.05, 0) is 26.2 Å². The molecule has 0 aromatic heterocycles. The lowest BCUT2D eigenvalue weighted by Crippen LogP contribution is -2.47. The third-order valence-electron chi connectivity index (χ3n) is 8.44. The maximum Gasteiger partial charge on any atom is 0.317 e. The first-order valence-corrected chi connectivity index (χ1v) is 20.7. The summed E-state index contributed by atoms with van der Waals surface area (Å²) >= 11 is 0. The first-order valence-electron chi connectivity index (χ1n) is 20.7. The van der Waals surface area contributed by atoms with Crippen LogP contribution in [0, 0.1) is 0 Å². The minimum absolute atomic E-state index is 0.0699. The average molecular weight is 852 g/mol. The van der Waals surface area contributed by atoms with Crippen LogP contribution in [0.1, 0.15) is 60.3 Å². The van der Waals surface area contributed by atoms with Gasteiger partial charge in [0, 0.05) is 71.9 Å². The molecule has 0 aromatic rings. The summed E-state index contributed by atoms with van der Waals surface area (Å²) in [5.41, 5.74) is 0. The van der Waals surface area contributed by atoms with E-state index in [2.05, 4.69) is 16.0 Å². The molecule has 0 aromatic carbocycles. The zero-order valence-corrected chi connectivity index (χ0v) is 36.6. The molecule has 1 heterocycles. The second kappa shape index (κ2) is 40.2. The van der Waals surface area contributed by atoms with Crippen LogP contribution in [0.3, 0.4) is 0 Å². The summed E-state index contributed by atoms with van der Waals surface area (Å²) in [5.74, 6) is -2.22. The number of unbranched alkanes of at least 4 members (excludes halogenated alkanes) is 1. The molecular weight excluding hydrogens is 774 g/mol. The minimum Gasteiger partial charge on any atom is -0.480 e. The van der Waals surface area contributed by atoms with Crippen molar-refractivity contribution in [2.75, 3.05) is 145 Å². The highest BCUT2D eigenvalue weighted by Gasteiger charge is 2.22. The molecule has 1 atom stereocenters. The molecule has 6 N–H and O–H groups in total. The van der Waals surface area contributed by atoms with Crippen molar-refractivity contribution in [3.8, 4) is 0 Å². The number of carboxylic acids is 2. The van der Waals surface area contributed by atoms with E-state index in [9.17, 15) is 39.0 Å². The molecule has 1 aliphatic heterocycles. The van der Waals surface area contributed by atoms with E-state index in [4.69, 9.17) is 24.1 Å². The van der Waals surface area contributed by atoms with Gasteiger partial charge < -0.3 is 55.0 Å². The largest absolute Gasteiger partial charge is 0.480 e. The van der Waals surface area contributed by atoms with Gasteiger partial charge in [-0.1, -0.05) is 27.7 Å². The Kier molecular flexibility index (Phi) is 39.5. The van der Waals surface area contributed by atoms with E-state index < -0.39 is 11.9 Å². The predicted octanol–water partition coefficient (Wildman–Crippen LogP) is -1.02. The predicted molar refractivity (Wildman–Crippen MR) is 222 cm³/mol. The standard InChI is InChI=1S/C36H67N7O12.C2H6.CH4O/c1-30(2)39-32(31(3)45)6-4-5-8-37-33(46)7-18-52-20-22-54-24-25-55-23-21-53-19-9-38-34(47)26-41-12-10-40(16-17-44)11-14-42(27-35(48)49)29-43(15-13-41)28-36(50)51;2*1-2/h17,30,32,39H,4-16,18-29H2,1-3H3,(H,37,46)(H,38,47)(H,48,49)(H,50,51);1-2H3;2H,1H3. The van der Waals surface area contributed by atoms with E-state index in [0.29, 0.717) is 98.6 Å². The maximum absolute atomic E-state index is 12.7. The summed E-state index contributed by atoms with van der Waals surface area (Å²) < 4.78 is 22.0. The number of nitrogens with zero attached hydrogens (tertiary/aromatic N) is 4. The van der Waals surface area contributed by atoms with E-state index >= 15 is 0 Å². The smallest absolute Gasteiger partial charge is 0.317 e. The molecule has 20 nitrogen and oxygen atoms in total. The lowest BCUT2D eigenvalue weighted by molar-refractivity contribution is -0.140. The molecule has 0 aliphatic carbocycles. The van der Waals surface area contributed by atoms with Crippen LogP contribution in [0.5, 0.6) is 0 Å². The number of aldehydes is 1. The number of ketones is 1. The number of nitrogens with one attached hydrogen (secondary N) is 3. The molecule has 1 aliphatic rings. The molecule has 1 unspecified atom stereocenters. The summed E-state index contributed by atoms with van der Waals surface area (Å²) in [6, 6.07) is 0.106. The van der Waals surface area contributed by atoms with Crippen LogP contribution in [0.2, 0.25) is 0 Å². The van der Waals surface area contributed by atoms with Gasteiger partial charge in [0.15, 0.2) is 0 Å². The average Bonchev–Trinajstić information content (AvgIpc) is 3.22. The lowest BCUT2D eigenvalue weighted by Gasteiger charge is -2.29. The number of carboxylic acid groups (broad SMARTS) is 2. The molecule has 2 amide bonds. The number of aliphatic hydroxyl groups excluding tert-OH is 1. The fourth-order valence-electron chi connectivity index (χ4n) is 5.63. The van der Waals surface area contributed by atoms with Gasteiger partial charge in [0.05, 0.1) is 91.7 Å². The summed E-state index contributed by atoms with van der Waals surface area (Å²) in [6.45, 7) is 15.5. The zero-order chi connectivity index (χ0) is 44.7. The Labute approximate surface area is 351 Å². The number of hydrogen-bond donors (Lipinski definition) is 6. The summed E-state index contributed by atoms with van der Waals surface area (Å²) in [6.07, 6.45) is 3.46. The fourth-order valence-corrected chi connectivity index (χ4v) is 5.63. The van der Waals surface area contributed by atoms with Crippen LogP contribution in [0.15, 0.2) is 0 Å². The number of rotatable bonds is 31. The highest BCUT2D eigenvalue weighted by molar-refractivity contribution is 5.81. The number of carbonyl (C=O) groups excluding carboxylic acids is 4. The third-order valence-corrected chi connectivity index (χ3v) is 8.44. The van der Waals surface area contributed by atoms with E-state index in [0.717, 1.165) is 32.7 Å². The Balaban J connectivity index is 0. The van der Waals surface area contributed by atoms with Crippen molar-refractivity contribution in [2.45, 2.75) is 72.4 Å². The molecule has 59 heavy (non-hydrogen) atoms. The number of ether oxygens (including phenoxy) is 4. The molecule has 0 radical (unpaired) electrons. The molecule has 20 heteroatoms. The van der Waals surface area contributed by atoms with Crippen LogP contribution < -0.4 is 16.0 Å². The monoisotopic (exact) mass is 852 g/mol. The van der Waals surface area contributed by atoms with Crippen molar-refractivity contribution >= 4 is 35.8 Å².